The molecule has 20 heavy (non-hydrogen) atoms. The molecule has 0 N–H and O–H groups in total. The van der Waals surface area contributed by atoms with Crippen molar-refractivity contribution in [2.75, 3.05) is 0 Å². The minimum atomic E-state index is -0.289. The summed E-state index contributed by atoms with van der Waals surface area (Å²) >= 11 is 0. The normalized spacial score (nSPS) is 10.7. The van der Waals surface area contributed by atoms with Crippen molar-refractivity contribution >= 4 is 11.0 Å². The van der Waals surface area contributed by atoms with Gasteiger partial charge < -0.3 is 4.57 Å². The van der Waals surface area contributed by atoms with Crippen molar-refractivity contribution in [2.45, 2.75) is 6.42 Å². The van der Waals surface area contributed by atoms with E-state index in [9.17, 15) is 4.39 Å². The van der Waals surface area contributed by atoms with Crippen molar-refractivity contribution in [2.24, 2.45) is 7.05 Å². The lowest BCUT2D eigenvalue weighted by Gasteiger charge is -2.03. The molecule has 0 radical (unpaired) electrons. The second kappa shape index (κ2) is 4.78. The zero-order chi connectivity index (χ0) is 14.1. The zero-order valence-electron chi connectivity index (χ0n) is 11.0. The maximum atomic E-state index is 13.9. The smallest absolute Gasteiger partial charge is 0.143 e. The van der Waals surface area contributed by atoms with Crippen LogP contribution in [0.2, 0.25) is 0 Å². The highest BCUT2D eigenvalue weighted by molar-refractivity contribution is 5.81. The minimum absolute atomic E-state index is 0.289. The van der Waals surface area contributed by atoms with Crippen LogP contribution in [0.3, 0.4) is 0 Å². The molecule has 1 heterocycles. The highest BCUT2D eigenvalue weighted by Gasteiger charge is 2.13. The Kier molecular flexibility index (Phi) is 2.96. The van der Waals surface area contributed by atoms with Crippen LogP contribution in [0.5, 0.6) is 0 Å². The number of benzene rings is 2. The summed E-state index contributed by atoms with van der Waals surface area (Å²) in [6.45, 7) is 0. The first kappa shape index (κ1) is 12.4. The topological polar surface area (TPSA) is 41.6 Å². The predicted octanol–water partition coefficient (Wildman–Crippen LogP) is 3.45. The van der Waals surface area contributed by atoms with E-state index in [1.54, 1.807) is 18.2 Å². The Hall–Kier alpha value is -2.67. The number of imidazole rings is 1. The number of fused-ring (bicyclic) bond motifs is 1. The number of aryl methyl sites for hydroxylation is 1. The molecule has 2 aromatic carbocycles. The third kappa shape index (κ3) is 1.94. The molecule has 4 heteroatoms. The number of rotatable bonds is 2. The van der Waals surface area contributed by atoms with Gasteiger partial charge in [-0.1, -0.05) is 18.2 Å². The van der Waals surface area contributed by atoms with Crippen molar-refractivity contribution in [1.29, 1.82) is 5.26 Å². The van der Waals surface area contributed by atoms with Gasteiger partial charge in [0.15, 0.2) is 0 Å². The summed E-state index contributed by atoms with van der Waals surface area (Å²) in [7, 11) is 1.86. The molecule has 0 saturated heterocycles. The first-order chi connectivity index (χ1) is 9.70. The van der Waals surface area contributed by atoms with Crippen LogP contribution in [0.25, 0.3) is 22.4 Å². The Morgan fingerprint density at radius 1 is 1.25 bits per heavy atom. The highest BCUT2D eigenvalue weighted by atomic mass is 19.1. The van der Waals surface area contributed by atoms with Gasteiger partial charge in [0, 0.05) is 7.05 Å². The van der Waals surface area contributed by atoms with Crippen molar-refractivity contribution in [1.82, 2.24) is 9.55 Å². The summed E-state index contributed by atoms with van der Waals surface area (Å²) in [5.41, 5.74) is 3.09. The second-order valence-corrected chi connectivity index (χ2v) is 4.63. The molecule has 98 valence electrons. The Morgan fingerprint density at radius 2 is 2.05 bits per heavy atom. The molecule has 3 rings (SSSR count). The van der Waals surface area contributed by atoms with Crippen LogP contribution in [0, 0.1) is 17.1 Å². The first-order valence-corrected chi connectivity index (χ1v) is 6.28. The van der Waals surface area contributed by atoms with E-state index < -0.39 is 0 Å². The molecular formula is C16H12FN3. The highest BCUT2D eigenvalue weighted by Crippen LogP contribution is 2.26. The van der Waals surface area contributed by atoms with Crippen molar-refractivity contribution < 1.29 is 4.39 Å². The summed E-state index contributed by atoms with van der Waals surface area (Å²) < 4.78 is 15.8. The van der Waals surface area contributed by atoms with Gasteiger partial charge in [-0.05, 0) is 29.8 Å². The zero-order valence-corrected chi connectivity index (χ0v) is 11.0. The van der Waals surface area contributed by atoms with E-state index in [4.69, 9.17) is 5.26 Å². The molecule has 0 spiro atoms. The molecular weight excluding hydrogens is 253 g/mol. The van der Waals surface area contributed by atoms with Crippen LogP contribution < -0.4 is 0 Å². The molecule has 0 amide bonds. The third-order valence-electron chi connectivity index (χ3n) is 3.34. The minimum Gasteiger partial charge on any atom is -0.327 e. The Bertz CT molecular complexity index is 827. The van der Waals surface area contributed by atoms with Crippen LogP contribution in [-0.2, 0) is 13.5 Å². The summed E-state index contributed by atoms with van der Waals surface area (Å²) in [6.07, 6.45) is 0.349. The van der Waals surface area contributed by atoms with Crippen LogP contribution in [0.15, 0.2) is 42.5 Å². The van der Waals surface area contributed by atoms with E-state index in [-0.39, 0.29) is 5.82 Å². The van der Waals surface area contributed by atoms with Gasteiger partial charge in [0.2, 0.25) is 0 Å². The fourth-order valence-electron chi connectivity index (χ4n) is 2.33. The molecule has 3 aromatic rings. The number of halogens is 1. The lowest BCUT2D eigenvalue weighted by Crippen LogP contribution is -1.94. The molecule has 1 aromatic heterocycles. The van der Waals surface area contributed by atoms with E-state index in [0.29, 0.717) is 17.8 Å². The van der Waals surface area contributed by atoms with E-state index in [1.807, 2.05) is 29.8 Å². The van der Waals surface area contributed by atoms with Gasteiger partial charge in [0.1, 0.15) is 11.6 Å². The van der Waals surface area contributed by atoms with Gasteiger partial charge in [-0.25, -0.2) is 9.37 Å². The molecule has 0 bridgehead atoms. The van der Waals surface area contributed by atoms with E-state index >= 15 is 0 Å². The van der Waals surface area contributed by atoms with Gasteiger partial charge in [-0.2, -0.15) is 5.26 Å². The summed E-state index contributed by atoms with van der Waals surface area (Å²) in [6, 6.07) is 14.4. The van der Waals surface area contributed by atoms with Crippen LogP contribution in [0.4, 0.5) is 4.39 Å². The Morgan fingerprint density at radius 3 is 2.80 bits per heavy atom. The number of hydrogen-bond acceptors (Lipinski definition) is 2. The summed E-state index contributed by atoms with van der Waals surface area (Å²) in [5.74, 6) is 0.301. The third-order valence-corrected chi connectivity index (χ3v) is 3.34. The molecule has 0 atom stereocenters. The van der Waals surface area contributed by atoms with Crippen molar-refractivity contribution in [3.05, 3.63) is 53.8 Å². The van der Waals surface area contributed by atoms with E-state index in [2.05, 4.69) is 11.1 Å². The lowest BCUT2D eigenvalue weighted by atomic mass is 10.1. The Labute approximate surface area is 115 Å². The molecule has 0 saturated carbocycles. The van der Waals surface area contributed by atoms with Crippen LogP contribution in [0.1, 0.15) is 5.56 Å². The van der Waals surface area contributed by atoms with Gasteiger partial charge in [-0.3, -0.25) is 0 Å². The van der Waals surface area contributed by atoms with Crippen molar-refractivity contribution in [3.8, 4) is 17.5 Å². The number of hydrogen-bond donors (Lipinski definition) is 0. The molecule has 0 aliphatic carbocycles. The fraction of sp³-hybridized carbons (Fsp3) is 0.125. The largest absolute Gasteiger partial charge is 0.327 e. The quantitative estimate of drug-likeness (QED) is 0.712. The SMILES string of the molecule is Cn1c(-c2ccccc2F)nc2cc(CC#N)ccc21. The fourth-order valence-corrected chi connectivity index (χ4v) is 2.33. The second-order valence-electron chi connectivity index (χ2n) is 4.63. The standard InChI is InChI=1S/C16H12FN3/c1-20-15-7-6-11(8-9-18)10-14(15)19-16(20)12-4-2-3-5-13(12)17/h2-7,10H,8H2,1H3. The molecule has 0 aliphatic rings. The summed E-state index contributed by atoms with van der Waals surface area (Å²) in [4.78, 5) is 4.50. The lowest BCUT2D eigenvalue weighted by molar-refractivity contribution is 0.629. The monoisotopic (exact) mass is 265 g/mol. The van der Waals surface area contributed by atoms with Crippen LogP contribution >= 0.6 is 0 Å². The van der Waals surface area contributed by atoms with E-state index in [0.717, 1.165) is 16.6 Å². The van der Waals surface area contributed by atoms with E-state index in [1.165, 1.54) is 6.07 Å². The van der Waals surface area contributed by atoms with Gasteiger partial charge in [0.25, 0.3) is 0 Å². The van der Waals surface area contributed by atoms with Gasteiger partial charge in [-0.15, -0.1) is 0 Å². The van der Waals surface area contributed by atoms with Gasteiger partial charge >= 0.3 is 0 Å². The van der Waals surface area contributed by atoms with Gasteiger partial charge in [0.05, 0.1) is 29.1 Å². The average Bonchev–Trinajstić information content (AvgIpc) is 2.77. The number of aromatic nitrogens is 2. The molecule has 0 aliphatic heterocycles. The van der Waals surface area contributed by atoms with Crippen molar-refractivity contribution in [3.63, 3.8) is 0 Å². The first-order valence-electron chi connectivity index (χ1n) is 6.28. The molecule has 0 fully saturated rings. The maximum absolute atomic E-state index is 13.9. The summed E-state index contributed by atoms with van der Waals surface area (Å²) in [5, 5.41) is 8.74. The predicted molar refractivity (Wildman–Crippen MR) is 75.4 cm³/mol. The number of nitriles is 1. The molecule has 0 unspecified atom stereocenters. The maximum Gasteiger partial charge on any atom is 0.143 e. The Balaban J connectivity index is 2.21. The number of nitrogens with zero attached hydrogens (tertiary/aromatic N) is 3. The average molecular weight is 265 g/mol. The molecule has 3 nitrogen and oxygen atoms in total. The van der Waals surface area contributed by atoms with Crippen LogP contribution in [-0.4, -0.2) is 9.55 Å².